The molecule has 5 nitrogen and oxygen atoms in total. The average molecular weight is 228 g/mol. The van der Waals surface area contributed by atoms with Crippen molar-refractivity contribution in [2.45, 2.75) is 31.4 Å². The predicted octanol–water partition coefficient (Wildman–Crippen LogP) is -0.340. The molecule has 2 aliphatic heterocycles. The van der Waals surface area contributed by atoms with E-state index in [2.05, 4.69) is 17.6 Å². The van der Waals surface area contributed by atoms with Gasteiger partial charge in [0.1, 0.15) is 6.10 Å². The van der Waals surface area contributed by atoms with Crippen LogP contribution in [-0.4, -0.2) is 50.5 Å². The molecule has 0 radical (unpaired) electrons. The summed E-state index contributed by atoms with van der Waals surface area (Å²) in [7, 11) is 0. The molecular formula is C11H20N2O3. The normalized spacial score (nSPS) is 29.7. The largest absolute Gasteiger partial charge is 0.381 e. The highest BCUT2D eigenvalue weighted by molar-refractivity contribution is 5.81. The van der Waals surface area contributed by atoms with Crippen molar-refractivity contribution in [2.75, 3.05) is 32.9 Å². The molecule has 2 fully saturated rings. The van der Waals surface area contributed by atoms with E-state index >= 15 is 0 Å². The second-order valence-electron chi connectivity index (χ2n) is 4.73. The SMILES string of the molecule is CC1(NC(=O)C2CNCCO2)CCOCC1. The van der Waals surface area contributed by atoms with Crippen LogP contribution >= 0.6 is 0 Å². The zero-order valence-electron chi connectivity index (χ0n) is 9.75. The molecule has 92 valence electrons. The molecule has 0 aromatic carbocycles. The number of carbonyl (C=O) groups excluding carboxylic acids is 1. The Morgan fingerprint density at radius 2 is 2.12 bits per heavy atom. The van der Waals surface area contributed by atoms with Crippen molar-refractivity contribution in [2.24, 2.45) is 0 Å². The first kappa shape index (κ1) is 11.8. The first-order valence-electron chi connectivity index (χ1n) is 5.92. The van der Waals surface area contributed by atoms with E-state index in [1.54, 1.807) is 0 Å². The molecule has 0 bridgehead atoms. The third-order valence-corrected chi connectivity index (χ3v) is 3.24. The highest BCUT2D eigenvalue weighted by Crippen LogP contribution is 2.19. The second kappa shape index (κ2) is 5.12. The van der Waals surface area contributed by atoms with Crippen molar-refractivity contribution in [3.63, 3.8) is 0 Å². The number of rotatable bonds is 2. The first-order chi connectivity index (χ1) is 7.70. The lowest BCUT2D eigenvalue weighted by Gasteiger charge is -2.36. The maximum absolute atomic E-state index is 12.0. The van der Waals surface area contributed by atoms with Gasteiger partial charge in [0.05, 0.1) is 6.61 Å². The van der Waals surface area contributed by atoms with Crippen LogP contribution in [-0.2, 0) is 14.3 Å². The Bertz CT molecular complexity index is 246. The van der Waals surface area contributed by atoms with Gasteiger partial charge >= 0.3 is 0 Å². The molecule has 5 heteroatoms. The molecule has 2 N–H and O–H groups in total. The summed E-state index contributed by atoms with van der Waals surface area (Å²) >= 11 is 0. The van der Waals surface area contributed by atoms with Gasteiger partial charge in [0.2, 0.25) is 0 Å². The highest BCUT2D eigenvalue weighted by atomic mass is 16.5. The van der Waals surface area contributed by atoms with Crippen molar-refractivity contribution in [3.8, 4) is 0 Å². The molecule has 16 heavy (non-hydrogen) atoms. The lowest BCUT2D eigenvalue weighted by molar-refractivity contribution is -0.137. The van der Waals surface area contributed by atoms with Crippen LogP contribution in [0.25, 0.3) is 0 Å². The lowest BCUT2D eigenvalue weighted by Crippen LogP contribution is -2.56. The third kappa shape index (κ3) is 2.93. The van der Waals surface area contributed by atoms with E-state index in [1.807, 2.05) is 0 Å². The molecule has 0 aromatic heterocycles. The molecule has 0 saturated carbocycles. The first-order valence-corrected chi connectivity index (χ1v) is 5.92. The number of ether oxygens (including phenoxy) is 2. The van der Waals surface area contributed by atoms with Crippen molar-refractivity contribution < 1.29 is 14.3 Å². The number of amides is 1. The molecule has 2 saturated heterocycles. The van der Waals surface area contributed by atoms with Gasteiger partial charge in [-0.2, -0.15) is 0 Å². The smallest absolute Gasteiger partial charge is 0.250 e. The Balaban J connectivity index is 1.85. The topological polar surface area (TPSA) is 59.6 Å². The Kier molecular flexibility index (Phi) is 3.78. The molecular weight excluding hydrogens is 208 g/mol. The van der Waals surface area contributed by atoms with Gasteiger partial charge in [-0.15, -0.1) is 0 Å². The Morgan fingerprint density at radius 1 is 1.38 bits per heavy atom. The van der Waals surface area contributed by atoms with E-state index < -0.39 is 0 Å². The van der Waals surface area contributed by atoms with Crippen LogP contribution in [0.15, 0.2) is 0 Å². The molecule has 1 atom stereocenters. The summed E-state index contributed by atoms with van der Waals surface area (Å²) in [5, 5.41) is 6.24. The van der Waals surface area contributed by atoms with Gasteiger partial charge in [-0.3, -0.25) is 4.79 Å². The lowest BCUT2D eigenvalue weighted by atomic mass is 9.92. The molecule has 2 rings (SSSR count). The summed E-state index contributed by atoms with van der Waals surface area (Å²) in [6.45, 7) is 5.57. The van der Waals surface area contributed by atoms with Gasteiger partial charge in [0.15, 0.2) is 0 Å². The molecule has 2 aliphatic rings. The number of carbonyl (C=O) groups is 1. The fourth-order valence-corrected chi connectivity index (χ4v) is 2.06. The fraction of sp³-hybridized carbons (Fsp3) is 0.909. The summed E-state index contributed by atoms with van der Waals surface area (Å²) in [6, 6.07) is 0. The quantitative estimate of drug-likeness (QED) is 0.679. The van der Waals surface area contributed by atoms with Crippen LogP contribution in [0.2, 0.25) is 0 Å². The summed E-state index contributed by atoms with van der Waals surface area (Å²) in [5.41, 5.74) is -0.129. The second-order valence-corrected chi connectivity index (χ2v) is 4.73. The van der Waals surface area contributed by atoms with Crippen molar-refractivity contribution >= 4 is 5.91 Å². The molecule has 0 spiro atoms. The minimum Gasteiger partial charge on any atom is -0.381 e. The van der Waals surface area contributed by atoms with Crippen molar-refractivity contribution in [1.29, 1.82) is 0 Å². The summed E-state index contributed by atoms with van der Waals surface area (Å²) in [4.78, 5) is 12.0. The van der Waals surface area contributed by atoms with Gasteiger partial charge in [0.25, 0.3) is 5.91 Å². The Morgan fingerprint density at radius 3 is 2.75 bits per heavy atom. The molecule has 0 aromatic rings. The summed E-state index contributed by atoms with van der Waals surface area (Å²) in [6.07, 6.45) is 1.41. The number of hydrogen-bond donors (Lipinski definition) is 2. The van der Waals surface area contributed by atoms with Gasteiger partial charge in [-0.05, 0) is 19.8 Å². The van der Waals surface area contributed by atoms with Crippen LogP contribution in [0.1, 0.15) is 19.8 Å². The molecule has 2 heterocycles. The van der Waals surface area contributed by atoms with Gasteiger partial charge < -0.3 is 20.1 Å². The van der Waals surface area contributed by atoms with Gasteiger partial charge in [0, 0.05) is 31.8 Å². The van der Waals surface area contributed by atoms with E-state index in [0.717, 1.165) is 32.6 Å². The zero-order valence-corrected chi connectivity index (χ0v) is 9.75. The summed E-state index contributed by atoms with van der Waals surface area (Å²) < 4.78 is 10.7. The van der Waals surface area contributed by atoms with Crippen LogP contribution < -0.4 is 10.6 Å². The minimum atomic E-state index is -0.339. The maximum atomic E-state index is 12.0. The van der Waals surface area contributed by atoms with E-state index in [9.17, 15) is 4.79 Å². The Labute approximate surface area is 95.9 Å². The van der Waals surface area contributed by atoms with Crippen LogP contribution in [0.3, 0.4) is 0 Å². The molecule has 1 unspecified atom stereocenters. The molecule has 1 amide bonds. The monoisotopic (exact) mass is 228 g/mol. The number of hydrogen-bond acceptors (Lipinski definition) is 4. The number of nitrogens with one attached hydrogen (secondary N) is 2. The van der Waals surface area contributed by atoms with Crippen molar-refractivity contribution in [3.05, 3.63) is 0 Å². The minimum absolute atomic E-state index is 0.00315. The maximum Gasteiger partial charge on any atom is 0.250 e. The van der Waals surface area contributed by atoms with Crippen molar-refractivity contribution in [1.82, 2.24) is 10.6 Å². The van der Waals surface area contributed by atoms with Gasteiger partial charge in [-0.1, -0.05) is 0 Å². The van der Waals surface area contributed by atoms with Crippen LogP contribution in [0.5, 0.6) is 0 Å². The van der Waals surface area contributed by atoms with E-state index in [0.29, 0.717) is 13.2 Å². The van der Waals surface area contributed by atoms with Gasteiger partial charge in [-0.25, -0.2) is 0 Å². The van der Waals surface area contributed by atoms with E-state index in [-0.39, 0.29) is 17.6 Å². The van der Waals surface area contributed by atoms with E-state index in [1.165, 1.54) is 0 Å². The van der Waals surface area contributed by atoms with Crippen LogP contribution in [0, 0.1) is 0 Å². The van der Waals surface area contributed by atoms with E-state index in [4.69, 9.17) is 9.47 Å². The fourth-order valence-electron chi connectivity index (χ4n) is 2.06. The predicted molar refractivity (Wildman–Crippen MR) is 59.2 cm³/mol. The summed E-state index contributed by atoms with van der Waals surface area (Å²) in [5.74, 6) is -0.00315. The molecule has 0 aliphatic carbocycles. The highest BCUT2D eigenvalue weighted by Gasteiger charge is 2.32. The average Bonchev–Trinajstić information content (AvgIpc) is 2.30. The number of morpholine rings is 1. The third-order valence-electron chi connectivity index (χ3n) is 3.24. The zero-order chi connectivity index (χ0) is 11.4. The standard InChI is InChI=1S/C11H20N2O3/c1-11(2-5-15-6-3-11)13-10(14)9-8-12-4-7-16-9/h9,12H,2-8H2,1H3,(H,13,14). The Hall–Kier alpha value is -0.650. The van der Waals surface area contributed by atoms with Crippen LogP contribution in [0.4, 0.5) is 0 Å².